The highest BCUT2D eigenvalue weighted by Crippen LogP contribution is 2.30. The Bertz CT molecular complexity index is 123. The van der Waals surface area contributed by atoms with Crippen molar-refractivity contribution in [3.05, 3.63) is 12.2 Å². The molecule has 0 amide bonds. The van der Waals surface area contributed by atoms with Crippen LogP contribution in [-0.2, 0) is 4.79 Å². The zero-order valence-electron chi connectivity index (χ0n) is 6.25. The molecule has 1 heteroatoms. The van der Waals surface area contributed by atoms with Gasteiger partial charge in [0.15, 0.2) is 0 Å². The predicted molar refractivity (Wildman–Crippen MR) is 41.8 cm³/mol. The van der Waals surface area contributed by atoms with E-state index in [1.807, 2.05) is 0 Å². The largest absolute Gasteiger partial charge is 0.303 e. The van der Waals surface area contributed by atoms with E-state index in [0.717, 1.165) is 31.5 Å². The van der Waals surface area contributed by atoms with Crippen LogP contribution in [0.3, 0.4) is 0 Å². The van der Waals surface area contributed by atoms with Crippen molar-refractivity contribution in [1.82, 2.24) is 0 Å². The number of hydrogen-bond acceptors (Lipinski definition) is 1. The maximum atomic E-state index is 9.89. The lowest BCUT2D eigenvalue weighted by Crippen LogP contribution is -1.73. The van der Waals surface area contributed by atoms with Crippen molar-refractivity contribution in [3.8, 4) is 0 Å². The van der Waals surface area contributed by atoms with Gasteiger partial charge in [-0.3, -0.25) is 0 Å². The molecule has 1 nitrogen and oxygen atoms in total. The molecule has 0 aromatic rings. The van der Waals surface area contributed by atoms with E-state index in [-0.39, 0.29) is 0 Å². The molecule has 0 radical (unpaired) electrons. The van der Waals surface area contributed by atoms with Gasteiger partial charge in [-0.1, -0.05) is 12.2 Å². The second-order valence-corrected chi connectivity index (χ2v) is 2.86. The fourth-order valence-corrected chi connectivity index (χ4v) is 0.896. The average Bonchev–Trinajstić information content (AvgIpc) is 2.71. The monoisotopic (exact) mass is 138 g/mol. The lowest BCUT2D eigenvalue weighted by molar-refractivity contribution is -0.107. The topological polar surface area (TPSA) is 17.1 Å². The van der Waals surface area contributed by atoms with Crippen LogP contribution >= 0.6 is 0 Å². The van der Waals surface area contributed by atoms with Crippen LogP contribution in [0, 0.1) is 5.92 Å². The minimum Gasteiger partial charge on any atom is -0.303 e. The Hall–Kier alpha value is -0.590. The predicted octanol–water partition coefficient (Wildman–Crippen LogP) is 2.32. The summed E-state index contributed by atoms with van der Waals surface area (Å²) in [5, 5.41) is 0. The Balaban J connectivity index is 1.87. The zero-order valence-corrected chi connectivity index (χ0v) is 6.25. The van der Waals surface area contributed by atoms with Crippen LogP contribution in [0.15, 0.2) is 12.2 Å². The average molecular weight is 138 g/mol. The third-order valence-electron chi connectivity index (χ3n) is 1.72. The highest BCUT2D eigenvalue weighted by molar-refractivity contribution is 5.48. The Morgan fingerprint density at radius 2 is 2.10 bits per heavy atom. The van der Waals surface area contributed by atoms with Crippen LogP contribution in [0.5, 0.6) is 0 Å². The number of carbonyl (C=O) groups excluding carboxylic acids is 1. The van der Waals surface area contributed by atoms with Gasteiger partial charge in [0.25, 0.3) is 0 Å². The van der Waals surface area contributed by atoms with Crippen molar-refractivity contribution in [3.63, 3.8) is 0 Å². The van der Waals surface area contributed by atoms with Crippen molar-refractivity contribution >= 4 is 6.29 Å². The molecule has 56 valence electrons. The molecule has 0 spiro atoms. The van der Waals surface area contributed by atoms with E-state index in [9.17, 15) is 4.79 Å². The Kier molecular flexibility index (Phi) is 3.20. The van der Waals surface area contributed by atoms with Gasteiger partial charge in [-0.2, -0.15) is 0 Å². The molecule has 0 bridgehead atoms. The molecular formula is C9H14O. The minimum atomic E-state index is 0.717. The van der Waals surface area contributed by atoms with Gasteiger partial charge >= 0.3 is 0 Å². The molecule has 10 heavy (non-hydrogen) atoms. The molecule has 0 aliphatic heterocycles. The van der Waals surface area contributed by atoms with Gasteiger partial charge in [-0.05, 0) is 31.6 Å². The van der Waals surface area contributed by atoms with Gasteiger partial charge in [0.05, 0.1) is 0 Å². The lowest BCUT2D eigenvalue weighted by atomic mass is 10.2. The molecule has 0 heterocycles. The van der Waals surface area contributed by atoms with E-state index in [4.69, 9.17) is 0 Å². The van der Waals surface area contributed by atoms with E-state index >= 15 is 0 Å². The summed E-state index contributed by atoms with van der Waals surface area (Å²) in [7, 11) is 0. The first-order valence-electron chi connectivity index (χ1n) is 4.04. The van der Waals surface area contributed by atoms with Crippen molar-refractivity contribution < 1.29 is 4.79 Å². The summed E-state index contributed by atoms with van der Waals surface area (Å²) in [6, 6.07) is 0. The number of carbonyl (C=O) groups is 1. The molecular weight excluding hydrogens is 124 g/mol. The van der Waals surface area contributed by atoms with Crippen molar-refractivity contribution in [2.75, 3.05) is 0 Å². The summed E-state index contributed by atoms with van der Waals surface area (Å²) in [5.41, 5.74) is 0. The van der Waals surface area contributed by atoms with Crippen molar-refractivity contribution in [2.45, 2.75) is 32.1 Å². The summed E-state index contributed by atoms with van der Waals surface area (Å²) in [5.74, 6) is 0.885. The maximum absolute atomic E-state index is 9.89. The summed E-state index contributed by atoms with van der Waals surface area (Å²) >= 11 is 0. The first-order valence-corrected chi connectivity index (χ1v) is 4.04. The van der Waals surface area contributed by atoms with Crippen LogP contribution in [-0.4, -0.2) is 6.29 Å². The SMILES string of the molecule is O=CCCC/C=C/C1CC1. The lowest BCUT2D eigenvalue weighted by Gasteiger charge is -1.85. The summed E-state index contributed by atoms with van der Waals surface area (Å²) in [6.45, 7) is 0. The molecule has 0 aromatic heterocycles. The quantitative estimate of drug-likeness (QED) is 0.324. The molecule has 1 fully saturated rings. The summed E-state index contributed by atoms with van der Waals surface area (Å²) < 4.78 is 0. The van der Waals surface area contributed by atoms with E-state index in [1.54, 1.807) is 0 Å². The molecule has 0 N–H and O–H groups in total. The first-order chi connectivity index (χ1) is 4.93. The number of rotatable bonds is 5. The highest BCUT2D eigenvalue weighted by Gasteiger charge is 2.16. The van der Waals surface area contributed by atoms with E-state index in [1.165, 1.54) is 12.8 Å². The Labute approximate surface area is 62.1 Å². The van der Waals surface area contributed by atoms with Gasteiger partial charge in [0.1, 0.15) is 6.29 Å². The highest BCUT2D eigenvalue weighted by atomic mass is 16.1. The Morgan fingerprint density at radius 1 is 1.30 bits per heavy atom. The van der Waals surface area contributed by atoms with E-state index in [2.05, 4.69) is 12.2 Å². The Morgan fingerprint density at radius 3 is 2.70 bits per heavy atom. The number of allylic oxidation sites excluding steroid dienone is 2. The smallest absolute Gasteiger partial charge is 0.120 e. The molecule has 1 saturated carbocycles. The van der Waals surface area contributed by atoms with E-state index < -0.39 is 0 Å². The number of aldehydes is 1. The fraction of sp³-hybridized carbons (Fsp3) is 0.667. The van der Waals surface area contributed by atoms with Crippen molar-refractivity contribution in [1.29, 1.82) is 0 Å². The molecule has 1 rings (SSSR count). The van der Waals surface area contributed by atoms with Gasteiger partial charge < -0.3 is 4.79 Å². The van der Waals surface area contributed by atoms with Crippen molar-refractivity contribution in [2.24, 2.45) is 5.92 Å². The second-order valence-electron chi connectivity index (χ2n) is 2.86. The van der Waals surface area contributed by atoms with Gasteiger partial charge in [-0.15, -0.1) is 0 Å². The zero-order chi connectivity index (χ0) is 7.23. The minimum absolute atomic E-state index is 0.717. The second kappa shape index (κ2) is 4.26. The number of unbranched alkanes of at least 4 members (excludes halogenated alkanes) is 2. The molecule has 0 atom stereocenters. The third-order valence-corrected chi connectivity index (χ3v) is 1.72. The van der Waals surface area contributed by atoms with E-state index in [0.29, 0.717) is 0 Å². The van der Waals surface area contributed by atoms with Crippen LogP contribution in [0.4, 0.5) is 0 Å². The van der Waals surface area contributed by atoms with Crippen LogP contribution < -0.4 is 0 Å². The standard InChI is InChI=1S/C9H14O/c10-8-4-2-1-3-5-9-6-7-9/h3,5,8-9H,1-2,4,6-7H2/b5-3+. The molecule has 1 aliphatic carbocycles. The van der Waals surface area contributed by atoms with Crippen LogP contribution in [0.2, 0.25) is 0 Å². The molecule has 0 unspecified atom stereocenters. The molecule has 0 aromatic carbocycles. The maximum Gasteiger partial charge on any atom is 0.120 e. The molecule has 1 aliphatic rings. The van der Waals surface area contributed by atoms with Gasteiger partial charge in [0, 0.05) is 6.42 Å². The van der Waals surface area contributed by atoms with Crippen LogP contribution in [0.1, 0.15) is 32.1 Å². The first kappa shape index (κ1) is 7.52. The van der Waals surface area contributed by atoms with Gasteiger partial charge in [0.2, 0.25) is 0 Å². The fourth-order valence-electron chi connectivity index (χ4n) is 0.896. The van der Waals surface area contributed by atoms with Gasteiger partial charge in [-0.25, -0.2) is 0 Å². The van der Waals surface area contributed by atoms with Crippen LogP contribution in [0.25, 0.3) is 0 Å². The summed E-state index contributed by atoms with van der Waals surface area (Å²) in [6.07, 6.45) is 11.1. The summed E-state index contributed by atoms with van der Waals surface area (Å²) in [4.78, 5) is 9.89. The normalized spacial score (nSPS) is 18.0. The number of hydrogen-bond donors (Lipinski definition) is 0. The molecule has 0 saturated heterocycles. The third kappa shape index (κ3) is 3.44.